The molecule has 1 N–H and O–H groups in total. The van der Waals surface area contributed by atoms with Crippen LogP contribution in [0, 0.1) is 0 Å². The van der Waals surface area contributed by atoms with Crippen LogP contribution in [0.4, 0.5) is 0 Å². The van der Waals surface area contributed by atoms with Gasteiger partial charge in [-0.2, -0.15) is 0 Å². The van der Waals surface area contributed by atoms with Crippen molar-refractivity contribution in [3.8, 4) is 5.75 Å². The topological polar surface area (TPSA) is 21.3 Å². The molecule has 0 aliphatic heterocycles. The fourth-order valence-corrected chi connectivity index (χ4v) is 1.96. The lowest BCUT2D eigenvalue weighted by Gasteiger charge is -2.19. The van der Waals surface area contributed by atoms with Gasteiger partial charge in [0.25, 0.3) is 0 Å². The lowest BCUT2D eigenvalue weighted by atomic mass is 10.1. The van der Waals surface area contributed by atoms with Gasteiger partial charge in [-0.05, 0) is 38.6 Å². The van der Waals surface area contributed by atoms with Crippen LogP contribution < -0.4 is 10.1 Å². The first-order chi connectivity index (χ1) is 8.17. The van der Waals surface area contributed by atoms with E-state index in [1.54, 1.807) is 18.2 Å². The van der Waals surface area contributed by atoms with Crippen LogP contribution in [-0.4, -0.2) is 19.7 Å². The summed E-state index contributed by atoms with van der Waals surface area (Å²) >= 11 is 12.0. The molecular weight excluding hydrogens is 293 g/mol. The van der Waals surface area contributed by atoms with E-state index in [2.05, 4.69) is 12.2 Å². The summed E-state index contributed by atoms with van der Waals surface area (Å²) in [6, 6.07) is 5.30. The van der Waals surface area contributed by atoms with Crippen molar-refractivity contribution in [1.29, 1.82) is 0 Å². The molecule has 0 saturated heterocycles. The van der Waals surface area contributed by atoms with Gasteiger partial charge in [-0.15, -0.1) is 12.4 Å². The third-order valence-corrected chi connectivity index (χ3v) is 3.06. The van der Waals surface area contributed by atoms with E-state index in [0.717, 1.165) is 25.8 Å². The Kier molecular flexibility index (Phi) is 9.66. The first kappa shape index (κ1) is 17.8. The second kappa shape index (κ2) is 9.74. The molecule has 1 unspecified atom stereocenters. The highest BCUT2D eigenvalue weighted by Gasteiger charge is 2.11. The lowest BCUT2D eigenvalue weighted by molar-refractivity contribution is 0.180. The Morgan fingerprint density at radius 1 is 1.28 bits per heavy atom. The fourth-order valence-electron chi connectivity index (χ4n) is 1.64. The molecule has 0 radical (unpaired) electrons. The van der Waals surface area contributed by atoms with E-state index in [1.807, 2.05) is 7.05 Å². The average Bonchev–Trinajstić information content (AvgIpc) is 2.31. The van der Waals surface area contributed by atoms with Gasteiger partial charge in [0.1, 0.15) is 5.75 Å². The van der Waals surface area contributed by atoms with Gasteiger partial charge in [-0.1, -0.05) is 36.5 Å². The van der Waals surface area contributed by atoms with Crippen molar-refractivity contribution in [2.75, 3.05) is 13.6 Å². The molecule has 2 nitrogen and oxygen atoms in total. The van der Waals surface area contributed by atoms with Crippen LogP contribution in [0.3, 0.4) is 0 Å². The van der Waals surface area contributed by atoms with Crippen molar-refractivity contribution in [3.05, 3.63) is 28.2 Å². The van der Waals surface area contributed by atoms with Gasteiger partial charge < -0.3 is 10.1 Å². The summed E-state index contributed by atoms with van der Waals surface area (Å²) in [6.07, 6.45) is 3.26. The van der Waals surface area contributed by atoms with E-state index in [1.165, 1.54) is 0 Å². The average molecular weight is 313 g/mol. The summed E-state index contributed by atoms with van der Waals surface area (Å²) in [4.78, 5) is 0. The number of halogens is 3. The fraction of sp³-hybridized carbons (Fsp3) is 0.538. The molecule has 104 valence electrons. The van der Waals surface area contributed by atoms with Gasteiger partial charge in [-0.25, -0.2) is 0 Å². The molecule has 1 atom stereocenters. The maximum Gasteiger partial charge on any atom is 0.139 e. The van der Waals surface area contributed by atoms with Gasteiger partial charge in [0.15, 0.2) is 0 Å². The van der Waals surface area contributed by atoms with E-state index in [-0.39, 0.29) is 18.5 Å². The molecule has 0 aliphatic rings. The molecule has 0 amide bonds. The van der Waals surface area contributed by atoms with E-state index in [4.69, 9.17) is 27.9 Å². The minimum absolute atomic E-state index is 0. The Bertz CT molecular complexity index is 347. The highest BCUT2D eigenvalue weighted by molar-refractivity contribution is 6.34. The van der Waals surface area contributed by atoms with Crippen molar-refractivity contribution in [2.24, 2.45) is 0 Å². The smallest absolute Gasteiger partial charge is 0.139 e. The van der Waals surface area contributed by atoms with E-state index < -0.39 is 0 Å². The van der Waals surface area contributed by atoms with Crippen molar-refractivity contribution >= 4 is 35.6 Å². The monoisotopic (exact) mass is 311 g/mol. The Balaban J connectivity index is 0.00000289. The molecule has 1 aromatic rings. The summed E-state index contributed by atoms with van der Waals surface area (Å²) < 4.78 is 5.91. The Hall–Kier alpha value is -0.150. The van der Waals surface area contributed by atoms with Crippen LogP contribution in [0.1, 0.15) is 26.2 Å². The highest BCUT2D eigenvalue weighted by atomic mass is 35.5. The van der Waals surface area contributed by atoms with Gasteiger partial charge >= 0.3 is 0 Å². The van der Waals surface area contributed by atoms with Crippen molar-refractivity contribution < 1.29 is 4.74 Å². The predicted octanol–water partition coefficient (Wildman–Crippen LogP) is 4.57. The SMILES string of the molecule is CCCC(CCNC)Oc1cc(Cl)ccc1Cl.Cl. The molecule has 0 heterocycles. The summed E-state index contributed by atoms with van der Waals surface area (Å²) in [6.45, 7) is 3.08. The third kappa shape index (κ3) is 6.14. The van der Waals surface area contributed by atoms with Crippen LogP contribution >= 0.6 is 35.6 Å². The molecule has 0 fully saturated rings. The van der Waals surface area contributed by atoms with Gasteiger partial charge in [-0.3, -0.25) is 0 Å². The number of benzene rings is 1. The molecule has 0 aromatic heterocycles. The molecule has 0 saturated carbocycles. The molecule has 18 heavy (non-hydrogen) atoms. The van der Waals surface area contributed by atoms with Crippen LogP contribution in [0.25, 0.3) is 0 Å². The van der Waals surface area contributed by atoms with Crippen molar-refractivity contribution in [1.82, 2.24) is 5.32 Å². The number of hydrogen-bond donors (Lipinski definition) is 1. The third-order valence-electron chi connectivity index (χ3n) is 2.51. The summed E-state index contributed by atoms with van der Waals surface area (Å²) in [7, 11) is 1.94. The lowest BCUT2D eigenvalue weighted by Crippen LogP contribution is -2.22. The second-order valence-electron chi connectivity index (χ2n) is 4.00. The Morgan fingerprint density at radius 3 is 2.61 bits per heavy atom. The number of hydrogen-bond acceptors (Lipinski definition) is 2. The van der Waals surface area contributed by atoms with E-state index in [0.29, 0.717) is 15.8 Å². The molecule has 1 rings (SSSR count). The Morgan fingerprint density at radius 2 is 2.00 bits per heavy atom. The minimum atomic E-state index is 0. The maximum atomic E-state index is 6.08. The number of ether oxygens (including phenoxy) is 1. The predicted molar refractivity (Wildman–Crippen MR) is 81.6 cm³/mol. The molecule has 5 heteroatoms. The first-order valence-electron chi connectivity index (χ1n) is 5.93. The van der Waals surface area contributed by atoms with Crippen molar-refractivity contribution in [2.45, 2.75) is 32.3 Å². The molecule has 0 aliphatic carbocycles. The van der Waals surface area contributed by atoms with E-state index in [9.17, 15) is 0 Å². The molecule has 0 spiro atoms. The van der Waals surface area contributed by atoms with Crippen LogP contribution in [-0.2, 0) is 0 Å². The summed E-state index contributed by atoms with van der Waals surface area (Å²) in [5.41, 5.74) is 0. The van der Waals surface area contributed by atoms with Crippen LogP contribution in [0.15, 0.2) is 18.2 Å². The number of rotatable bonds is 7. The van der Waals surface area contributed by atoms with Gasteiger partial charge in [0.2, 0.25) is 0 Å². The zero-order valence-corrected chi connectivity index (χ0v) is 13.0. The van der Waals surface area contributed by atoms with Gasteiger partial charge in [0, 0.05) is 11.1 Å². The number of nitrogens with one attached hydrogen (secondary N) is 1. The van der Waals surface area contributed by atoms with Crippen LogP contribution in [0.2, 0.25) is 10.0 Å². The standard InChI is InChI=1S/C13H19Cl2NO.ClH/c1-3-4-11(7-8-16-2)17-13-9-10(14)5-6-12(13)15;/h5-6,9,11,16H,3-4,7-8H2,1-2H3;1H. The minimum Gasteiger partial charge on any atom is -0.489 e. The zero-order chi connectivity index (χ0) is 12.7. The first-order valence-corrected chi connectivity index (χ1v) is 6.69. The van der Waals surface area contributed by atoms with Crippen molar-refractivity contribution in [3.63, 3.8) is 0 Å². The quantitative estimate of drug-likeness (QED) is 0.796. The normalized spacial score (nSPS) is 11.8. The molecule has 0 bridgehead atoms. The molecule has 1 aromatic carbocycles. The van der Waals surface area contributed by atoms with Gasteiger partial charge in [0.05, 0.1) is 11.1 Å². The van der Waals surface area contributed by atoms with E-state index >= 15 is 0 Å². The van der Waals surface area contributed by atoms with Crippen LogP contribution in [0.5, 0.6) is 5.75 Å². The largest absolute Gasteiger partial charge is 0.489 e. The maximum absolute atomic E-state index is 6.08. The molecular formula is C13H20Cl3NO. The summed E-state index contributed by atoms with van der Waals surface area (Å²) in [5.74, 6) is 0.675. The second-order valence-corrected chi connectivity index (χ2v) is 4.84. The zero-order valence-electron chi connectivity index (χ0n) is 10.7. The Labute approximate surface area is 125 Å². The summed E-state index contributed by atoms with van der Waals surface area (Å²) in [5, 5.41) is 4.39. The highest BCUT2D eigenvalue weighted by Crippen LogP contribution is 2.29.